The summed E-state index contributed by atoms with van der Waals surface area (Å²) in [7, 11) is 2.97. The van der Waals surface area contributed by atoms with Crippen LogP contribution in [-0.2, 0) is 19.1 Å². The van der Waals surface area contributed by atoms with Crippen LogP contribution in [-0.4, -0.2) is 66.9 Å². The lowest BCUT2D eigenvalue weighted by molar-refractivity contribution is -0.144. The summed E-state index contributed by atoms with van der Waals surface area (Å²) >= 11 is 0. The van der Waals surface area contributed by atoms with Crippen LogP contribution in [0.25, 0.3) is 10.4 Å². The van der Waals surface area contributed by atoms with Crippen molar-refractivity contribution in [3.63, 3.8) is 0 Å². The van der Waals surface area contributed by atoms with E-state index in [2.05, 4.69) is 10.0 Å². The Morgan fingerprint density at radius 1 is 1.27 bits per heavy atom. The van der Waals surface area contributed by atoms with E-state index >= 15 is 0 Å². The van der Waals surface area contributed by atoms with E-state index < -0.39 is 16.6 Å². The number of hydrogen-bond acceptors (Lipinski definition) is 8. The molecule has 0 aromatic carbocycles. The van der Waals surface area contributed by atoms with Crippen LogP contribution in [0.1, 0.15) is 26.7 Å². The quantitative estimate of drug-likeness (QED) is 0.123. The number of carboxylic acid groups (broad SMARTS) is 1. The zero-order valence-electron chi connectivity index (χ0n) is 15.3. The van der Waals surface area contributed by atoms with E-state index in [0.29, 0.717) is 26.4 Å². The van der Waals surface area contributed by atoms with E-state index in [4.69, 9.17) is 20.7 Å². The molecule has 0 amide bonds. The van der Waals surface area contributed by atoms with Gasteiger partial charge in [-0.2, -0.15) is 0 Å². The van der Waals surface area contributed by atoms with Crippen molar-refractivity contribution < 1.29 is 24.2 Å². The predicted molar refractivity (Wildman–Crippen MR) is 104 cm³/mol. The number of Topliss-reactive ketones (excluding diaryl/α,β-unsaturated/α-hetero) is 1. The second kappa shape index (κ2) is 15.1. The number of carbonyl (C=O) groups excluding carboxylic acids is 1. The van der Waals surface area contributed by atoms with E-state index in [1.165, 1.54) is 21.6 Å². The van der Waals surface area contributed by atoms with Crippen LogP contribution in [0.5, 0.6) is 0 Å². The molecule has 0 aliphatic rings. The largest absolute Gasteiger partial charge is 0.481 e. The average molecular weight is 409 g/mol. The Balaban J connectivity index is 4.08. The SMILES string of the molecule is CC(C)(SSCCN)[C@H](CC(=O)CCOCCOCCN=[N+]=[N-])C(=O)O. The van der Waals surface area contributed by atoms with Gasteiger partial charge in [0.1, 0.15) is 5.78 Å². The first-order valence-electron chi connectivity index (χ1n) is 8.26. The number of azide groups is 1. The second-order valence-corrected chi connectivity index (χ2v) is 8.93. The first-order valence-corrected chi connectivity index (χ1v) is 10.6. The Hall–Kier alpha value is -0.970. The van der Waals surface area contributed by atoms with Gasteiger partial charge in [0.25, 0.3) is 0 Å². The molecule has 0 aromatic rings. The molecule has 0 fully saturated rings. The Morgan fingerprint density at radius 3 is 2.50 bits per heavy atom. The zero-order valence-corrected chi connectivity index (χ0v) is 16.9. The van der Waals surface area contributed by atoms with E-state index in [1.54, 1.807) is 0 Å². The van der Waals surface area contributed by atoms with Gasteiger partial charge in [0.05, 0.1) is 32.3 Å². The summed E-state index contributed by atoms with van der Waals surface area (Å²) in [6.07, 6.45) is 0.143. The molecule has 0 spiro atoms. The fraction of sp³-hybridized carbons (Fsp3) is 0.867. The lowest BCUT2D eigenvalue weighted by atomic mass is 9.89. The molecule has 0 saturated carbocycles. The highest BCUT2D eigenvalue weighted by molar-refractivity contribution is 8.77. The van der Waals surface area contributed by atoms with Gasteiger partial charge >= 0.3 is 5.97 Å². The van der Waals surface area contributed by atoms with E-state index in [-0.39, 0.29) is 31.8 Å². The molecule has 11 heteroatoms. The van der Waals surface area contributed by atoms with Gasteiger partial charge in [0.15, 0.2) is 0 Å². The lowest BCUT2D eigenvalue weighted by Gasteiger charge is -2.29. The van der Waals surface area contributed by atoms with Crippen molar-refractivity contribution in [1.29, 1.82) is 0 Å². The third kappa shape index (κ3) is 12.4. The number of rotatable bonds is 17. The molecule has 0 unspecified atom stereocenters. The smallest absolute Gasteiger partial charge is 0.308 e. The highest BCUT2D eigenvalue weighted by Crippen LogP contribution is 2.42. The number of hydrogen-bond donors (Lipinski definition) is 2. The molecular formula is C15H28N4O5S2. The third-order valence-electron chi connectivity index (χ3n) is 3.34. The maximum atomic E-state index is 12.1. The number of nitrogens with zero attached hydrogens (tertiary/aromatic N) is 3. The molecule has 9 nitrogen and oxygen atoms in total. The Kier molecular flexibility index (Phi) is 14.6. The second-order valence-electron chi connectivity index (χ2n) is 5.86. The summed E-state index contributed by atoms with van der Waals surface area (Å²) in [5, 5.41) is 12.8. The molecule has 150 valence electrons. The van der Waals surface area contributed by atoms with Crippen LogP contribution in [0.15, 0.2) is 5.11 Å². The summed E-state index contributed by atoms with van der Waals surface area (Å²) in [6, 6.07) is 0. The molecule has 0 aliphatic heterocycles. The number of ether oxygens (including phenoxy) is 2. The summed E-state index contributed by atoms with van der Waals surface area (Å²) in [4.78, 5) is 26.2. The van der Waals surface area contributed by atoms with Crippen molar-refractivity contribution >= 4 is 33.3 Å². The van der Waals surface area contributed by atoms with Crippen LogP contribution in [0.2, 0.25) is 0 Å². The molecule has 0 heterocycles. The lowest BCUT2D eigenvalue weighted by Crippen LogP contribution is -2.35. The molecule has 0 aromatic heterocycles. The van der Waals surface area contributed by atoms with Crippen LogP contribution < -0.4 is 5.73 Å². The van der Waals surface area contributed by atoms with Crippen LogP contribution in [0.3, 0.4) is 0 Å². The van der Waals surface area contributed by atoms with Crippen molar-refractivity contribution in [1.82, 2.24) is 0 Å². The maximum Gasteiger partial charge on any atom is 0.308 e. The Morgan fingerprint density at radius 2 is 1.92 bits per heavy atom. The monoisotopic (exact) mass is 408 g/mol. The highest BCUT2D eigenvalue weighted by atomic mass is 33.1. The van der Waals surface area contributed by atoms with Crippen LogP contribution in [0, 0.1) is 5.92 Å². The van der Waals surface area contributed by atoms with Gasteiger partial charge in [0.2, 0.25) is 0 Å². The maximum absolute atomic E-state index is 12.1. The van der Waals surface area contributed by atoms with Gasteiger partial charge in [-0.3, -0.25) is 9.59 Å². The van der Waals surface area contributed by atoms with E-state index in [9.17, 15) is 14.7 Å². The van der Waals surface area contributed by atoms with Crippen molar-refractivity contribution in [3.05, 3.63) is 10.4 Å². The van der Waals surface area contributed by atoms with Crippen molar-refractivity contribution in [2.24, 2.45) is 16.8 Å². The topological polar surface area (TPSA) is 148 Å². The number of nitrogens with two attached hydrogens (primary N) is 1. The van der Waals surface area contributed by atoms with Crippen LogP contribution in [0.4, 0.5) is 0 Å². The van der Waals surface area contributed by atoms with Gasteiger partial charge < -0.3 is 20.3 Å². The van der Waals surface area contributed by atoms with E-state index in [1.807, 2.05) is 13.8 Å². The standard InChI is InChI=1S/C15H28N4O5S2/c1-15(2,26-25-10-4-16)13(14(21)22)11-12(20)3-6-23-8-9-24-7-5-18-19-17/h13H,3-11,16H2,1-2H3,(H,21,22)/t13-/m1/s1. The van der Waals surface area contributed by atoms with Gasteiger partial charge in [-0.05, 0) is 19.4 Å². The molecule has 0 aliphatic carbocycles. The number of carbonyl (C=O) groups is 2. The fourth-order valence-corrected chi connectivity index (χ4v) is 4.50. The van der Waals surface area contributed by atoms with Crippen molar-refractivity contribution in [2.75, 3.05) is 45.3 Å². The minimum atomic E-state index is -0.974. The summed E-state index contributed by atoms with van der Waals surface area (Å²) < 4.78 is 9.88. The van der Waals surface area contributed by atoms with Crippen molar-refractivity contribution in [3.8, 4) is 0 Å². The Labute approximate surface area is 161 Å². The predicted octanol–water partition coefficient (Wildman–Crippen LogP) is 2.50. The first kappa shape index (κ1) is 25.0. The van der Waals surface area contributed by atoms with Crippen molar-refractivity contribution in [2.45, 2.75) is 31.4 Å². The zero-order chi connectivity index (χ0) is 19.8. The van der Waals surface area contributed by atoms with E-state index in [0.717, 1.165) is 5.75 Å². The normalized spacial score (nSPS) is 12.4. The molecule has 0 saturated heterocycles. The first-order chi connectivity index (χ1) is 12.3. The third-order valence-corrected chi connectivity index (χ3v) is 6.72. The fourth-order valence-electron chi connectivity index (χ4n) is 1.92. The average Bonchev–Trinajstić information content (AvgIpc) is 2.58. The summed E-state index contributed by atoms with van der Waals surface area (Å²) in [5.74, 6) is -1.15. The highest BCUT2D eigenvalue weighted by Gasteiger charge is 2.37. The molecule has 26 heavy (non-hydrogen) atoms. The van der Waals surface area contributed by atoms with Gasteiger partial charge in [-0.25, -0.2) is 0 Å². The molecule has 0 radical (unpaired) electrons. The number of ketones is 1. The van der Waals surface area contributed by atoms with Crippen LogP contribution >= 0.6 is 21.6 Å². The number of carboxylic acids is 1. The molecule has 0 bridgehead atoms. The molecule has 1 atom stereocenters. The minimum absolute atomic E-state index is 0.0233. The Bertz CT molecular complexity index is 473. The van der Waals surface area contributed by atoms with Gasteiger partial charge in [0, 0.05) is 41.3 Å². The minimum Gasteiger partial charge on any atom is -0.481 e. The summed E-state index contributed by atoms with van der Waals surface area (Å²) in [5.41, 5.74) is 13.5. The molecule has 0 rings (SSSR count). The number of aliphatic carboxylic acids is 1. The molecule has 3 N–H and O–H groups in total. The van der Waals surface area contributed by atoms with Gasteiger partial charge in [-0.15, -0.1) is 0 Å². The van der Waals surface area contributed by atoms with Gasteiger partial charge in [-0.1, -0.05) is 26.7 Å². The molecular weight excluding hydrogens is 380 g/mol. The summed E-state index contributed by atoms with van der Waals surface area (Å²) in [6.45, 7) is 5.66.